The molecule has 0 saturated carbocycles. The van der Waals surface area contributed by atoms with Crippen LogP contribution < -0.4 is 0 Å². The van der Waals surface area contributed by atoms with Gasteiger partial charge in [-0.25, -0.2) is 8.78 Å². The molecule has 3 atom stereocenters. The topological polar surface area (TPSA) is 55.4 Å². The Kier molecular flexibility index (Phi) is 14.4. The minimum atomic E-state index is -7.33. The number of alkyl halides is 20. The first-order valence-corrected chi connectivity index (χ1v) is 12.4. The van der Waals surface area contributed by atoms with E-state index >= 15 is 0 Å². The van der Waals surface area contributed by atoms with Crippen molar-refractivity contribution in [2.24, 2.45) is 0 Å². The predicted molar refractivity (Wildman–Crippen MR) is 115 cm³/mol. The molecule has 0 fully saturated rings. The second kappa shape index (κ2) is 14.9. The molecule has 0 aromatic carbocycles. The molecule has 0 N–H and O–H groups in total. The average molecular weight is 766 g/mol. The van der Waals surface area contributed by atoms with Gasteiger partial charge in [0.1, 0.15) is 6.10 Å². The van der Waals surface area contributed by atoms with Gasteiger partial charge in [0.25, 0.3) is 12.7 Å². The van der Waals surface area contributed by atoms with Crippen LogP contribution in [0.15, 0.2) is 0 Å². The smallest absolute Gasteiger partial charge is 0.376 e. The van der Waals surface area contributed by atoms with Crippen molar-refractivity contribution in [3.05, 3.63) is 0 Å². The van der Waals surface area contributed by atoms with E-state index < -0.39 is 91.9 Å². The summed E-state index contributed by atoms with van der Waals surface area (Å²) >= 11 is 0. The number of rotatable bonds is 19. The fraction of sp³-hybridized carbons (Fsp3) is 1.00. The SMILES string of the molecule is CC(C)(C)OCCC(C)(C)OCC(COC(F)(F)C(F)OC(F)(F)C(F)(F)C(F)(F)F)OC(F)(F)C(F)OC(F)(F)C(F)(F)C(F)(F)F. The second-order valence-electron chi connectivity index (χ2n) is 11.0. The van der Waals surface area contributed by atoms with Gasteiger partial charge in [-0.15, -0.1) is 0 Å². The maximum absolute atomic E-state index is 14.2. The molecule has 0 aromatic heterocycles. The summed E-state index contributed by atoms with van der Waals surface area (Å²) in [6, 6.07) is 0. The lowest BCUT2D eigenvalue weighted by atomic mass is 10.1. The first-order chi connectivity index (χ1) is 20.7. The number of ether oxygens (including phenoxy) is 6. The first kappa shape index (κ1) is 46.4. The molecule has 0 rings (SSSR count). The molecule has 0 heterocycles. The lowest BCUT2D eigenvalue weighted by Crippen LogP contribution is -2.56. The highest BCUT2D eigenvalue weighted by molar-refractivity contribution is 4.87. The molecule has 0 aromatic rings. The van der Waals surface area contributed by atoms with Crippen LogP contribution in [0.4, 0.5) is 87.8 Å². The largest absolute Gasteiger partial charge is 0.462 e. The van der Waals surface area contributed by atoms with E-state index in [1.54, 1.807) is 20.8 Å². The zero-order valence-corrected chi connectivity index (χ0v) is 24.6. The van der Waals surface area contributed by atoms with Crippen molar-refractivity contribution in [1.82, 2.24) is 0 Å². The summed E-state index contributed by atoms with van der Waals surface area (Å²) in [6.45, 7) is 2.55. The van der Waals surface area contributed by atoms with E-state index in [9.17, 15) is 87.8 Å². The third-order valence-corrected chi connectivity index (χ3v) is 5.16. The third kappa shape index (κ3) is 12.6. The minimum Gasteiger partial charge on any atom is -0.376 e. The Morgan fingerprint density at radius 1 is 0.458 bits per heavy atom. The van der Waals surface area contributed by atoms with Crippen molar-refractivity contribution in [3.8, 4) is 0 Å². The Balaban J connectivity index is 6.13. The average Bonchev–Trinajstić information content (AvgIpc) is 2.82. The third-order valence-electron chi connectivity index (χ3n) is 5.16. The van der Waals surface area contributed by atoms with E-state index in [0.29, 0.717) is 0 Å². The molecule has 290 valence electrons. The summed E-state index contributed by atoms with van der Waals surface area (Å²) in [4.78, 5) is 0. The standard InChI is InChI=1S/C22H26F20O6/c1-13(2,3)43-7-6-14(4,5)44-8-10(46-16(27,28)12(24)48-22(41,42)18(31,32)20(36,37)38)9-45-15(25,26)11(23)47-21(39,40)17(29,30)19(33,34)35/h10-12H,6-9H2,1-5H3. The molecule has 0 spiro atoms. The van der Waals surface area contributed by atoms with Gasteiger partial charge >= 0.3 is 48.6 Å². The quantitative estimate of drug-likeness (QED) is 0.123. The van der Waals surface area contributed by atoms with Crippen LogP contribution in [0.25, 0.3) is 0 Å². The van der Waals surface area contributed by atoms with E-state index in [2.05, 4.69) is 18.9 Å². The van der Waals surface area contributed by atoms with Crippen molar-refractivity contribution in [3.63, 3.8) is 0 Å². The van der Waals surface area contributed by atoms with Crippen LogP contribution in [0.5, 0.6) is 0 Å². The molecule has 0 saturated heterocycles. The molecule has 0 amide bonds. The summed E-state index contributed by atoms with van der Waals surface area (Å²) in [5.74, 6) is -14.6. The highest BCUT2D eigenvalue weighted by Gasteiger charge is 2.77. The van der Waals surface area contributed by atoms with Crippen LogP contribution in [-0.2, 0) is 28.4 Å². The van der Waals surface area contributed by atoms with Crippen molar-refractivity contribution < 1.29 is 116 Å². The second-order valence-corrected chi connectivity index (χ2v) is 11.0. The number of hydrogen-bond acceptors (Lipinski definition) is 6. The number of hydrogen-bond donors (Lipinski definition) is 0. The molecular formula is C22H26F20O6. The fourth-order valence-electron chi connectivity index (χ4n) is 2.53. The maximum Gasteiger partial charge on any atom is 0.462 e. The van der Waals surface area contributed by atoms with Crippen LogP contribution in [0, 0.1) is 0 Å². The summed E-state index contributed by atoms with van der Waals surface area (Å²) < 4.78 is 283. The summed E-state index contributed by atoms with van der Waals surface area (Å²) in [7, 11) is 0. The molecule has 0 aliphatic carbocycles. The van der Waals surface area contributed by atoms with E-state index in [1.807, 2.05) is 0 Å². The van der Waals surface area contributed by atoms with Gasteiger partial charge in [0.05, 0.1) is 24.4 Å². The van der Waals surface area contributed by atoms with Gasteiger partial charge < -0.3 is 18.9 Å². The minimum absolute atomic E-state index is 0.215. The van der Waals surface area contributed by atoms with Gasteiger partial charge in [0, 0.05) is 6.61 Å². The van der Waals surface area contributed by atoms with Gasteiger partial charge in [-0.2, -0.15) is 79.0 Å². The summed E-state index contributed by atoms with van der Waals surface area (Å²) in [5.41, 5.74) is -2.43. The lowest BCUT2D eigenvalue weighted by molar-refractivity contribution is -0.472. The molecule has 0 bridgehead atoms. The van der Waals surface area contributed by atoms with E-state index in [-0.39, 0.29) is 13.0 Å². The normalized spacial score (nSPS) is 17.4. The Labute approximate surface area is 256 Å². The Bertz CT molecular complexity index is 1010. The van der Waals surface area contributed by atoms with Gasteiger partial charge in [0.15, 0.2) is 0 Å². The summed E-state index contributed by atoms with van der Waals surface area (Å²) in [5, 5.41) is 0. The van der Waals surface area contributed by atoms with Crippen LogP contribution in [0.3, 0.4) is 0 Å². The molecular weight excluding hydrogens is 740 g/mol. The Morgan fingerprint density at radius 2 is 0.812 bits per heavy atom. The van der Waals surface area contributed by atoms with Crippen molar-refractivity contribution in [2.45, 2.75) is 120 Å². The molecule has 3 unspecified atom stereocenters. The maximum atomic E-state index is 14.2. The molecule has 0 aliphatic heterocycles. The molecule has 6 nitrogen and oxygen atoms in total. The van der Waals surface area contributed by atoms with E-state index in [4.69, 9.17) is 9.47 Å². The lowest BCUT2D eigenvalue weighted by Gasteiger charge is -2.34. The predicted octanol–water partition coefficient (Wildman–Crippen LogP) is 8.78. The summed E-state index contributed by atoms with van der Waals surface area (Å²) in [6.07, 6.45) is -54.8. The van der Waals surface area contributed by atoms with Gasteiger partial charge in [-0.1, -0.05) is 0 Å². The fourth-order valence-corrected chi connectivity index (χ4v) is 2.53. The zero-order valence-electron chi connectivity index (χ0n) is 24.6. The zero-order chi connectivity index (χ0) is 38.8. The highest BCUT2D eigenvalue weighted by Crippen LogP contribution is 2.50. The van der Waals surface area contributed by atoms with Crippen molar-refractivity contribution in [1.29, 1.82) is 0 Å². The van der Waals surface area contributed by atoms with Crippen molar-refractivity contribution in [2.75, 3.05) is 19.8 Å². The monoisotopic (exact) mass is 766 g/mol. The molecule has 26 heteroatoms. The Morgan fingerprint density at radius 3 is 1.17 bits per heavy atom. The molecule has 48 heavy (non-hydrogen) atoms. The molecule has 0 aliphatic rings. The Hall–Kier alpha value is -1.64. The van der Waals surface area contributed by atoms with Crippen LogP contribution >= 0.6 is 0 Å². The van der Waals surface area contributed by atoms with E-state index in [0.717, 1.165) is 13.8 Å². The van der Waals surface area contributed by atoms with Crippen LogP contribution in [-0.4, -0.2) is 98.5 Å². The van der Waals surface area contributed by atoms with Crippen LogP contribution in [0.2, 0.25) is 0 Å². The highest BCUT2D eigenvalue weighted by atomic mass is 19.4. The first-order valence-electron chi connectivity index (χ1n) is 12.4. The van der Waals surface area contributed by atoms with Crippen LogP contribution in [0.1, 0.15) is 41.0 Å². The molecule has 0 radical (unpaired) electrons. The van der Waals surface area contributed by atoms with Gasteiger partial charge in [0.2, 0.25) is 0 Å². The van der Waals surface area contributed by atoms with E-state index in [1.165, 1.54) is 0 Å². The number of halogens is 20. The van der Waals surface area contributed by atoms with Gasteiger partial charge in [-0.05, 0) is 41.0 Å². The van der Waals surface area contributed by atoms with Crippen molar-refractivity contribution >= 4 is 0 Å². The van der Waals surface area contributed by atoms with Gasteiger partial charge in [-0.3, -0.25) is 9.47 Å².